The highest BCUT2D eigenvalue weighted by Gasteiger charge is 2.13. The number of hydrogen-bond donors (Lipinski definition) is 1. The van der Waals surface area contributed by atoms with Crippen molar-refractivity contribution >= 4 is 11.7 Å². The lowest BCUT2D eigenvalue weighted by Gasteiger charge is -2.12. The molecule has 0 aliphatic carbocycles. The van der Waals surface area contributed by atoms with Gasteiger partial charge in [-0.1, -0.05) is 30.3 Å². The van der Waals surface area contributed by atoms with Gasteiger partial charge in [0.15, 0.2) is 5.82 Å². The summed E-state index contributed by atoms with van der Waals surface area (Å²) in [6.45, 7) is 1.98. The van der Waals surface area contributed by atoms with E-state index in [0.717, 1.165) is 18.7 Å². The highest BCUT2D eigenvalue weighted by molar-refractivity contribution is 5.89. The lowest BCUT2D eigenvalue weighted by atomic mass is 10.1. The van der Waals surface area contributed by atoms with Crippen LogP contribution in [-0.2, 0) is 29.1 Å². The highest BCUT2D eigenvalue weighted by Crippen LogP contribution is 2.14. The summed E-state index contributed by atoms with van der Waals surface area (Å²) in [5.41, 5.74) is 2.18. The number of fused-ring (bicyclic) bond motifs is 1. The van der Waals surface area contributed by atoms with Crippen molar-refractivity contribution in [3.8, 4) is 0 Å². The Hall–Kier alpha value is -2.14. The number of nitrogens with one attached hydrogen (secondary N) is 1. The third kappa shape index (κ3) is 3.05. The zero-order valence-corrected chi connectivity index (χ0v) is 11.2. The summed E-state index contributed by atoms with van der Waals surface area (Å²) in [6.07, 6.45) is 1.20. The Morgan fingerprint density at radius 1 is 1.35 bits per heavy atom. The van der Waals surface area contributed by atoms with E-state index in [9.17, 15) is 4.79 Å². The molecule has 1 aromatic carbocycles. The number of carbonyl (C=O) groups excluding carboxylic acids is 1. The largest absolute Gasteiger partial charge is 0.373 e. The number of anilines is 1. The first kappa shape index (κ1) is 12.9. The maximum Gasteiger partial charge on any atom is 0.225 e. The van der Waals surface area contributed by atoms with E-state index in [-0.39, 0.29) is 5.91 Å². The van der Waals surface area contributed by atoms with Gasteiger partial charge in [0.2, 0.25) is 5.91 Å². The van der Waals surface area contributed by atoms with Crippen molar-refractivity contribution in [3.63, 3.8) is 0 Å². The first-order valence-electron chi connectivity index (χ1n) is 6.79. The van der Waals surface area contributed by atoms with E-state index in [2.05, 4.69) is 10.4 Å². The molecule has 5 nitrogen and oxygen atoms in total. The number of ether oxygens (including phenoxy) is 1. The number of benzene rings is 1. The fraction of sp³-hybridized carbons (Fsp3) is 0.333. The van der Waals surface area contributed by atoms with Gasteiger partial charge in [-0.3, -0.25) is 9.48 Å². The Bertz CT molecular complexity index is 569. The minimum atomic E-state index is -0.00906. The zero-order chi connectivity index (χ0) is 13.8. The standard InChI is InChI=1S/C15H17N3O2/c19-15(7-6-12-4-2-1-3-5-12)16-14-10-13-11-20-9-8-18(13)17-14/h1-5,10H,6-9,11H2,(H,16,17,19). The van der Waals surface area contributed by atoms with Crippen LogP contribution < -0.4 is 5.32 Å². The second-order valence-corrected chi connectivity index (χ2v) is 4.83. The maximum absolute atomic E-state index is 11.9. The fourth-order valence-electron chi connectivity index (χ4n) is 2.26. The van der Waals surface area contributed by atoms with E-state index < -0.39 is 0 Å². The minimum absolute atomic E-state index is 0.00906. The molecule has 0 atom stereocenters. The zero-order valence-electron chi connectivity index (χ0n) is 11.2. The van der Waals surface area contributed by atoms with Gasteiger partial charge in [-0.25, -0.2) is 0 Å². The normalized spacial score (nSPS) is 13.8. The monoisotopic (exact) mass is 271 g/mol. The summed E-state index contributed by atoms with van der Waals surface area (Å²) >= 11 is 0. The van der Waals surface area contributed by atoms with Crippen LogP contribution in [0.5, 0.6) is 0 Å². The van der Waals surface area contributed by atoms with Gasteiger partial charge in [0, 0.05) is 12.5 Å². The van der Waals surface area contributed by atoms with Crippen molar-refractivity contribution in [1.29, 1.82) is 0 Å². The van der Waals surface area contributed by atoms with Crippen molar-refractivity contribution in [2.24, 2.45) is 0 Å². The van der Waals surface area contributed by atoms with Crippen LogP contribution in [0.2, 0.25) is 0 Å². The van der Waals surface area contributed by atoms with E-state index in [0.29, 0.717) is 25.5 Å². The van der Waals surface area contributed by atoms with Gasteiger partial charge in [-0.05, 0) is 12.0 Å². The molecule has 3 rings (SSSR count). The third-order valence-electron chi connectivity index (χ3n) is 3.31. The molecule has 1 aliphatic heterocycles. The molecule has 0 unspecified atom stereocenters. The van der Waals surface area contributed by atoms with Crippen LogP contribution >= 0.6 is 0 Å². The van der Waals surface area contributed by atoms with Crippen LogP contribution in [0, 0.1) is 0 Å². The molecule has 0 radical (unpaired) electrons. The molecule has 1 amide bonds. The van der Waals surface area contributed by atoms with Gasteiger partial charge in [0.1, 0.15) is 0 Å². The molecule has 2 aromatic rings. The third-order valence-corrected chi connectivity index (χ3v) is 3.31. The summed E-state index contributed by atoms with van der Waals surface area (Å²) in [7, 11) is 0. The predicted molar refractivity (Wildman–Crippen MR) is 75.3 cm³/mol. The van der Waals surface area contributed by atoms with E-state index in [4.69, 9.17) is 4.74 Å². The van der Waals surface area contributed by atoms with Crippen LogP contribution in [0.15, 0.2) is 36.4 Å². The molecule has 1 aromatic heterocycles. The van der Waals surface area contributed by atoms with Gasteiger partial charge in [-0.15, -0.1) is 0 Å². The van der Waals surface area contributed by atoms with Crippen molar-refractivity contribution in [3.05, 3.63) is 47.7 Å². The lowest BCUT2D eigenvalue weighted by Crippen LogP contribution is -2.17. The van der Waals surface area contributed by atoms with Gasteiger partial charge < -0.3 is 10.1 Å². The number of aryl methyl sites for hydroxylation is 1. The van der Waals surface area contributed by atoms with Crippen LogP contribution in [0.3, 0.4) is 0 Å². The van der Waals surface area contributed by atoms with E-state index >= 15 is 0 Å². The van der Waals surface area contributed by atoms with Crippen molar-refractivity contribution in [1.82, 2.24) is 9.78 Å². The molecule has 0 bridgehead atoms. The van der Waals surface area contributed by atoms with Gasteiger partial charge in [0.25, 0.3) is 0 Å². The van der Waals surface area contributed by atoms with Crippen molar-refractivity contribution in [2.75, 3.05) is 11.9 Å². The molecular weight excluding hydrogens is 254 g/mol. The molecule has 5 heteroatoms. The van der Waals surface area contributed by atoms with Crippen LogP contribution in [0.25, 0.3) is 0 Å². The number of carbonyl (C=O) groups is 1. The summed E-state index contributed by atoms with van der Waals surface area (Å²) in [6, 6.07) is 11.9. The first-order valence-corrected chi connectivity index (χ1v) is 6.79. The highest BCUT2D eigenvalue weighted by atomic mass is 16.5. The molecule has 104 valence electrons. The topological polar surface area (TPSA) is 56.2 Å². The van der Waals surface area contributed by atoms with Gasteiger partial charge in [0.05, 0.1) is 25.5 Å². The Kier molecular flexibility index (Phi) is 3.78. The molecule has 2 heterocycles. The van der Waals surface area contributed by atoms with Crippen LogP contribution in [-0.4, -0.2) is 22.3 Å². The molecule has 0 saturated heterocycles. The minimum Gasteiger partial charge on any atom is -0.373 e. The number of hydrogen-bond acceptors (Lipinski definition) is 3. The average molecular weight is 271 g/mol. The molecule has 1 N–H and O–H groups in total. The van der Waals surface area contributed by atoms with Crippen molar-refractivity contribution < 1.29 is 9.53 Å². The Morgan fingerprint density at radius 2 is 2.20 bits per heavy atom. The van der Waals surface area contributed by atoms with Gasteiger partial charge >= 0.3 is 0 Å². The summed E-state index contributed by atoms with van der Waals surface area (Å²) in [5, 5.41) is 7.19. The van der Waals surface area contributed by atoms with Crippen LogP contribution in [0.4, 0.5) is 5.82 Å². The first-order chi connectivity index (χ1) is 9.81. The number of amides is 1. The molecule has 20 heavy (non-hydrogen) atoms. The number of rotatable bonds is 4. The van der Waals surface area contributed by atoms with E-state index in [1.165, 1.54) is 5.56 Å². The molecule has 0 spiro atoms. The Balaban J connectivity index is 1.55. The second-order valence-electron chi connectivity index (χ2n) is 4.83. The van der Waals surface area contributed by atoms with Crippen molar-refractivity contribution in [2.45, 2.75) is 26.0 Å². The maximum atomic E-state index is 11.9. The molecule has 0 fully saturated rings. The average Bonchev–Trinajstić information content (AvgIpc) is 2.88. The fourth-order valence-corrected chi connectivity index (χ4v) is 2.26. The second kappa shape index (κ2) is 5.88. The number of aromatic nitrogens is 2. The van der Waals surface area contributed by atoms with E-state index in [1.807, 2.05) is 41.1 Å². The summed E-state index contributed by atoms with van der Waals surface area (Å²) in [4.78, 5) is 11.9. The summed E-state index contributed by atoms with van der Waals surface area (Å²) < 4.78 is 7.23. The Labute approximate surface area is 117 Å². The molecule has 1 aliphatic rings. The number of nitrogens with zero attached hydrogens (tertiary/aromatic N) is 2. The predicted octanol–water partition coefficient (Wildman–Crippen LogP) is 1.98. The molecular formula is C15H17N3O2. The van der Waals surface area contributed by atoms with E-state index in [1.54, 1.807) is 0 Å². The van der Waals surface area contributed by atoms with Crippen LogP contribution in [0.1, 0.15) is 17.7 Å². The Morgan fingerprint density at radius 3 is 3.00 bits per heavy atom. The quantitative estimate of drug-likeness (QED) is 0.925. The molecule has 0 saturated carbocycles. The van der Waals surface area contributed by atoms with Gasteiger partial charge in [-0.2, -0.15) is 5.10 Å². The summed E-state index contributed by atoms with van der Waals surface area (Å²) in [5.74, 6) is 0.605. The lowest BCUT2D eigenvalue weighted by molar-refractivity contribution is -0.116. The smallest absolute Gasteiger partial charge is 0.225 e. The SMILES string of the molecule is O=C(CCc1ccccc1)Nc1cc2n(n1)CCOC2.